The maximum atomic E-state index is 13.0. The SMILES string of the molecule is Cc1c(C=O)cn(CC2(/C(Cl)=C/Cc3ccc(F)cc3)CC2C)c1C. The maximum Gasteiger partial charge on any atom is 0.151 e. The number of halogens is 2. The molecule has 0 radical (unpaired) electrons. The second-order valence-electron chi connectivity index (χ2n) is 7.18. The molecule has 0 bridgehead atoms. The quantitative estimate of drug-likeness (QED) is 0.629. The van der Waals surface area contributed by atoms with Crippen LogP contribution in [0.15, 0.2) is 41.6 Å². The van der Waals surface area contributed by atoms with Gasteiger partial charge in [0.15, 0.2) is 6.29 Å². The molecule has 132 valence electrons. The lowest BCUT2D eigenvalue weighted by molar-refractivity contribution is 0.112. The number of carbonyl (C=O) groups excluding carboxylic acids is 1. The van der Waals surface area contributed by atoms with Crippen molar-refractivity contribution < 1.29 is 9.18 Å². The highest BCUT2D eigenvalue weighted by Crippen LogP contribution is 2.60. The van der Waals surface area contributed by atoms with Crippen LogP contribution in [0.1, 0.15) is 40.5 Å². The first-order valence-corrected chi connectivity index (χ1v) is 8.97. The molecule has 3 rings (SSSR count). The summed E-state index contributed by atoms with van der Waals surface area (Å²) in [6.45, 7) is 7.01. The van der Waals surface area contributed by atoms with E-state index in [1.54, 1.807) is 12.1 Å². The van der Waals surface area contributed by atoms with Crippen LogP contribution < -0.4 is 0 Å². The maximum absolute atomic E-state index is 13.0. The van der Waals surface area contributed by atoms with E-state index < -0.39 is 0 Å². The molecule has 0 spiro atoms. The van der Waals surface area contributed by atoms with Crippen LogP contribution in [-0.4, -0.2) is 10.9 Å². The van der Waals surface area contributed by atoms with Gasteiger partial charge in [-0.15, -0.1) is 0 Å². The Kier molecular flexibility index (Phi) is 4.88. The number of hydrogen-bond donors (Lipinski definition) is 0. The van der Waals surface area contributed by atoms with Gasteiger partial charge in [-0.05, 0) is 55.9 Å². The Hall–Kier alpha value is -1.87. The second kappa shape index (κ2) is 6.80. The Labute approximate surface area is 153 Å². The highest BCUT2D eigenvalue weighted by Gasteiger charge is 2.53. The first-order chi connectivity index (χ1) is 11.9. The molecule has 0 saturated heterocycles. The third kappa shape index (κ3) is 3.43. The molecule has 1 saturated carbocycles. The van der Waals surface area contributed by atoms with Gasteiger partial charge in [-0.1, -0.05) is 36.7 Å². The lowest BCUT2D eigenvalue weighted by Crippen LogP contribution is -2.15. The minimum absolute atomic E-state index is 0.0576. The van der Waals surface area contributed by atoms with Crippen molar-refractivity contribution in [3.63, 3.8) is 0 Å². The summed E-state index contributed by atoms with van der Waals surface area (Å²) < 4.78 is 15.2. The number of hydrogen-bond acceptors (Lipinski definition) is 1. The van der Waals surface area contributed by atoms with Crippen LogP contribution in [0, 0.1) is 31.0 Å². The number of allylic oxidation sites excluding steroid dienone is 2. The molecule has 0 aliphatic heterocycles. The van der Waals surface area contributed by atoms with Gasteiger partial charge in [-0.2, -0.15) is 0 Å². The number of aromatic nitrogens is 1. The standard InChI is InChI=1S/C21H23ClFNO/c1-14-10-21(14,13-24-11-18(12-25)15(2)16(24)3)20(22)9-6-17-4-7-19(23)8-5-17/h4-5,7-9,11-12,14H,6,10,13H2,1-3H3/b20-9-. The molecule has 2 nitrogen and oxygen atoms in total. The highest BCUT2D eigenvalue weighted by atomic mass is 35.5. The highest BCUT2D eigenvalue weighted by molar-refractivity contribution is 6.30. The third-order valence-electron chi connectivity index (χ3n) is 5.64. The van der Waals surface area contributed by atoms with E-state index in [0.717, 1.165) is 46.7 Å². The summed E-state index contributed by atoms with van der Waals surface area (Å²) in [5.41, 5.74) is 3.87. The Morgan fingerprint density at radius 1 is 1.36 bits per heavy atom. The van der Waals surface area contributed by atoms with E-state index in [-0.39, 0.29) is 11.2 Å². The molecule has 1 fully saturated rings. The summed E-state index contributed by atoms with van der Waals surface area (Å²) in [6.07, 6.45) is 6.61. The van der Waals surface area contributed by atoms with Crippen LogP contribution in [0.3, 0.4) is 0 Å². The van der Waals surface area contributed by atoms with Crippen LogP contribution in [0.2, 0.25) is 0 Å². The molecule has 2 atom stereocenters. The summed E-state index contributed by atoms with van der Waals surface area (Å²) in [7, 11) is 0. The number of rotatable bonds is 6. The molecule has 25 heavy (non-hydrogen) atoms. The van der Waals surface area contributed by atoms with Crippen molar-refractivity contribution in [3.8, 4) is 0 Å². The monoisotopic (exact) mass is 359 g/mol. The fraction of sp³-hybridized carbons (Fsp3) is 0.381. The first kappa shape index (κ1) is 17.9. The van der Waals surface area contributed by atoms with E-state index in [1.165, 1.54) is 12.1 Å². The largest absolute Gasteiger partial charge is 0.350 e. The summed E-state index contributed by atoms with van der Waals surface area (Å²) in [6, 6.07) is 6.52. The van der Waals surface area contributed by atoms with Gasteiger partial charge >= 0.3 is 0 Å². The van der Waals surface area contributed by atoms with Crippen LogP contribution >= 0.6 is 11.6 Å². The predicted molar refractivity (Wildman–Crippen MR) is 99.5 cm³/mol. The Bertz CT molecular complexity index is 821. The van der Waals surface area contributed by atoms with Gasteiger partial charge in [0.25, 0.3) is 0 Å². The zero-order valence-electron chi connectivity index (χ0n) is 14.9. The van der Waals surface area contributed by atoms with Crippen LogP contribution in [0.4, 0.5) is 4.39 Å². The topological polar surface area (TPSA) is 22.0 Å². The summed E-state index contributed by atoms with van der Waals surface area (Å²) in [4.78, 5) is 11.2. The van der Waals surface area contributed by atoms with Gasteiger partial charge in [0.1, 0.15) is 5.82 Å². The molecule has 0 amide bonds. The molecule has 1 aromatic carbocycles. The Morgan fingerprint density at radius 3 is 2.52 bits per heavy atom. The van der Waals surface area contributed by atoms with Crippen molar-refractivity contribution >= 4 is 17.9 Å². The van der Waals surface area contributed by atoms with Gasteiger partial charge in [-0.3, -0.25) is 4.79 Å². The molecule has 1 heterocycles. The van der Waals surface area contributed by atoms with E-state index in [4.69, 9.17) is 11.6 Å². The van der Waals surface area contributed by atoms with Crippen molar-refractivity contribution in [1.29, 1.82) is 0 Å². The van der Waals surface area contributed by atoms with E-state index in [2.05, 4.69) is 11.5 Å². The third-order valence-corrected chi connectivity index (χ3v) is 6.17. The van der Waals surface area contributed by atoms with Crippen LogP contribution in [0.25, 0.3) is 0 Å². The van der Waals surface area contributed by atoms with Gasteiger partial charge in [0, 0.05) is 34.4 Å². The van der Waals surface area contributed by atoms with Crippen LogP contribution in [0.5, 0.6) is 0 Å². The molecular weight excluding hydrogens is 337 g/mol. The molecule has 1 aromatic heterocycles. The molecule has 4 heteroatoms. The molecule has 1 aliphatic carbocycles. The summed E-state index contributed by atoms with van der Waals surface area (Å²) in [5.74, 6) is 0.279. The summed E-state index contributed by atoms with van der Waals surface area (Å²) >= 11 is 6.70. The van der Waals surface area contributed by atoms with Crippen molar-refractivity contribution in [2.45, 2.75) is 40.2 Å². The molecule has 1 aliphatic rings. The zero-order valence-corrected chi connectivity index (χ0v) is 15.6. The van der Waals surface area contributed by atoms with Gasteiger partial charge < -0.3 is 4.57 Å². The Balaban J connectivity index is 1.79. The van der Waals surface area contributed by atoms with Crippen molar-refractivity contribution in [2.24, 2.45) is 11.3 Å². The fourth-order valence-corrected chi connectivity index (χ4v) is 3.92. The number of carbonyl (C=O) groups is 1. The fourth-order valence-electron chi connectivity index (χ4n) is 3.52. The lowest BCUT2D eigenvalue weighted by Gasteiger charge is -2.19. The minimum Gasteiger partial charge on any atom is -0.350 e. The second-order valence-corrected chi connectivity index (χ2v) is 7.59. The minimum atomic E-state index is -0.226. The van der Waals surface area contributed by atoms with Gasteiger partial charge in [-0.25, -0.2) is 4.39 Å². The average Bonchev–Trinajstić information content (AvgIpc) is 3.18. The van der Waals surface area contributed by atoms with E-state index in [9.17, 15) is 9.18 Å². The number of benzene rings is 1. The normalized spacial score (nSPS) is 22.9. The van der Waals surface area contributed by atoms with Crippen molar-refractivity contribution in [2.75, 3.05) is 0 Å². The molecule has 0 N–H and O–H groups in total. The first-order valence-electron chi connectivity index (χ1n) is 8.59. The smallest absolute Gasteiger partial charge is 0.151 e. The van der Waals surface area contributed by atoms with E-state index in [1.807, 2.05) is 26.1 Å². The molecule has 2 unspecified atom stereocenters. The van der Waals surface area contributed by atoms with Gasteiger partial charge in [0.2, 0.25) is 0 Å². The number of nitrogens with zero attached hydrogens (tertiary/aromatic N) is 1. The molecular formula is C21H23ClFNO. The van der Waals surface area contributed by atoms with Crippen molar-refractivity contribution in [1.82, 2.24) is 4.57 Å². The predicted octanol–water partition coefficient (Wildman–Crippen LogP) is 5.45. The van der Waals surface area contributed by atoms with Gasteiger partial charge in [0.05, 0.1) is 0 Å². The number of aldehydes is 1. The molecule has 2 aromatic rings. The van der Waals surface area contributed by atoms with Crippen molar-refractivity contribution in [3.05, 3.63) is 69.8 Å². The van der Waals surface area contributed by atoms with Crippen LogP contribution in [-0.2, 0) is 13.0 Å². The van der Waals surface area contributed by atoms with E-state index in [0.29, 0.717) is 12.3 Å². The lowest BCUT2D eigenvalue weighted by atomic mass is 10.0. The zero-order chi connectivity index (χ0) is 18.2. The average molecular weight is 360 g/mol. The van der Waals surface area contributed by atoms with E-state index >= 15 is 0 Å². The summed E-state index contributed by atoms with van der Waals surface area (Å²) in [5, 5.41) is 0.864. The Morgan fingerprint density at radius 2 is 2.00 bits per heavy atom.